The Kier molecular flexibility index (Phi) is 4.14. The number of halogens is 1. The van der Waals surface area contributed by atoms with Gasteiger partial charge in [0, 0.05) is 7.05 Å². The first kappa shape index (κ1) is 15.0. The smallest absolute Gasteiger partial charge is 0.407 e. The number of nitrogens with zero attached hydrogens (tertiary/aromatic N) is 2. The summed E-state index contributed by atoms with van der Waals surface area (Å²) in [5.74, 6) is 0.353. The van der Waals surface area contributed by atoms with Crippen LogP contribution in [0.2, 0.25) is 0 Å². The highest BCUT2D eigenvalue weighted by Crippen LogP contribution is 2.29. The van der Waals surface area contributed by atoms with Crippen LogP contribution in [0.5, 0.6) is 0 Å². The Labute approximate surface area is 127 Å². The molecule has 1 unspecified atom stereocenters. The van der Waals surface area contributed by atoms with Gasteiger partial charge in [0.25, 0.3) is 5.56 Å². The fraction of sp³-hybridized carbons (Fsp3) is 0.417. The van der Waals surface area contributed by atoms with Crippen LogP contribution in [-0.4, -0.2) is 33.1 Å². The first-order chi connectivity index (χ1) is 9.31. The number of carbonyl (C=O) groups is 1. The normalized spacial score (nSPS) is 12.8. The second-order valence-corrected chi connectivity index (χ2v) is 7.23. The van der Waals surface area contributed by atoms with Gasteiger partial charge in [-0.25, -0.2) is 9.78 Å². The van der Waals surface area contributed by atoms with Crippen molar-refractivity contribution in [2.75, 3.05) is 7.05 Å². The molecule has 0 aliphatic heterocycles. The van der Waals surface area contributed by atoms with Gasteiger partial charge in [0.2, 0.25) is 0 Å². The van der Waals surface area contributed by atoms with Gasteiger partial charge in [0.15, 0.2) is 0 Å². The third kappa shape index (κ3) is 2.71. The molecule has 1 atom stereocenters. The molecule has 0 spiro atoms. The monoisotopic (exact) mass is 359 g/mol. The molecule has 0 aliphatic rings. The van der Waals surface area contributed by atoms with E-state index in [1.165, 1.54) is 18.4 Å². The molecule has 2 aromatic heterocycles. The van der Waals surface area contributed by atoms with Crippen LogP contribution in [0.3, 0.4) is 0 Å². The van der Waals surface area contributed by atoms with E-state index in [2.05, 4.69) is 25.9 Å². The van der Waals surface area contributed by atoms with Crippen molar-refractivity contribution in [1.82, 2.24) is 14.9 Å². The molecule has 2 N–H and O–H groups in total. The average Bonchev–Trinajstić information content (AvgIpc) is 2.69. The van der Waals surface area contributed by atoms with Crippen molar-refractivity contribution in [2.45, 2.75) is 19.9 Å². The number of hydrogen-bond acceptors (Lipinski definition) is 4. The zero-order chi connectivity index (χ0) is 15.0. The standard InChI is InChI=1S/C12H14BrN3O3S/c1-5(2)8(16(3)12(18)19)10-14-6-4-7(13)20-9(6)11(17)15-10/h4-5,8H,1-3H3,(H,18,19)(H,14,15,17). The predicted octanol–water partition coefficient (Wildman–Crippen LogP) is 3.05. The lowest BCUT2D eigenvalue weighted by molar-refractivity contribution is 0.122. The molecular weight excluding hydrogens is 346 g/mol. The summed E-state index contributed by atoms with van der Waals surface area (Å²) in [6, 6.07) is 1.26. The van der Waals surface area contributed by atoms with Crippen molar-refractivity contribution in [1.29, 1.82) is 0 Å². The van der Waals surface area contributed by atoms with Gasteiger partial charge in [-0.05, 0) is 27.9 Å². The number of aromatic nitrogens is 2. The fourth-order valence-electron chi connectivity index (χ4n) is 2.13. The molecule has 0 bridgehead atoms. The van der Waals surface area contributed by atoms with Crippen LogP contribution in [0.1, 0.15) is 25.7 Å². The topological polar surface area (TPSA) is 86.3 Å². The van der Waals surface area contributed by atoms with E-state index in [0.29, 0.717) is 16.0 Å². The fourth-order valence-corrected chi connectivity index (χ4v) is 3.56. The van der Waals surface area contributed by atoms with E-state index in [0.717, 1.165) is 8.69 Å². The maximum absolute atomic E-state index is 12.1. The minimum atomic E-state index is -1.06. The SMILES string of the molecule is CC(C)C(c1nc2cc(Br)sc2c(=O)[nH]1)N(C)C(=O)O. The first-order valence-electron chi connectivity index (χ1n) is 5.96. The Bertz CT molecular complexity index is 710. The van der Waals surface area contributed by atoms with E-state index in [1.807, 2.05) is 13.8 Å². The number of amides is 1. The maximum Gasteiger partial charge on any atom is 0.407 e. The van der Waals surface area contributed by atoms with Crippen molar-refractivity contribution in [3.63, 3.8) is 0 Å². The molecule has 0 fully saturated rings. The van der Waals surface area contributed by atoms with Gasteiger partial charge in [0.1, 0.15) is 10.5 Å². The lowest BCUT2D eigenvalue weighted by Gasteiger charge is -2.27. The zero-order valence-corrected chi connectivity index (χ0v) is 13.6. The van der Waals surface area contributed by atoms with Crippen LogP contribution in [0.15, 0.2) is 14.6 Å². The van der Waals surface area contributed by atoms with Crippen LogP contribution < -0.4 is 5.56 Å². The lowest BCUT2D eigenvalue weighted by atomic mass is 10.0. The van der Waals surface area contributed by atoms with Crippen molar-refractivity contribution < 1.29 is 9.90 Å². The third-order valence-corrected chi connectivity index (χ3v) is 4.63. The molecule has 8 heteroatoms. The van der Waals surface area contributed by atoms with E-state index in [4.69, 9.17) is 5.11 Å². The van der Waals surface area contributed by atoms with Gasteiger partial charge in [0.05, 0.1) is 15.3 Å². The summed E-state index contributed by atoms with van der Waals surface area (Å²) in [5.41, 5.74) is 0.329. The number of hydrogen-bond donors (Lipinski definition) is 2. The summed E-state index contributed by atoms with van der Waals surface area (Å²) in [4.78, 5) is 31.5. The summed E-state index contributed by atoms with van der Waals surface area (Å²) < 4.78 is 1.34. The zero-order valence-electron chi connectivity index (χ0n) is 11.2. The predicted molar refractivity (Wildman–Crippen MR) is 81.3 cm³/mol. The van der Waals surface area contributed by atoms with Gasteiger partial charge >= 0.3 is 6.09 Å². The molecule has 2 aromatic rings. The third-order valence-electron chi connectivity index (χ3n) is 3.00. The lowest BCUT2D eigenvalue weighted by Crippen LogP contribution is -2.35. The van der Waals surface area contributed by atoms with Gasteiger partial charge in [-0.15, -0.1) is 11.3 Å². The number of thiophene rings is 1. The van der Waals surface area contributed by atoms with Crippen LogP contribution in [0.4, 0.5) is 4.79 Å². The average molecular weight is 360 g/mol. The number of fused-ring (bicyclic) bond motifs is 1. The summed E-state index contributed by atoms with van der Waals surface area (Å²) in [6.07, 6.45) is -1.06. The number of carboxylic acid groups (broad SMARTS) is 1. The second-order valence-electron chi connectivity index (χ2n) is 4.80. The van der Waals surface area contributed by atoms with Crippen molar-refractivity contribution in [3.8, 4) is 0 Å². The quantitative estimate of drug-likeness (QED) is 0.881. The molecular formula is C12H14BrN3O3S. The number of aromatic amines is 1. The number of H-pyrrole nitrogens is 1. The van der Waals surface area contributed by atoms with E-state index in [-0.39, 0.29) is 11.5 Å². The highest BCUT2D eigenvalue weighted by Gasteiger charge is 2.27. The molecule has 108 valence electrons. The molecule has 2 rings (SSSR count). The van der Waals surface area contributed by atoms with Crippen molar-refractivity contribution in [3.05, 3.63) is 26.0 Å². The molecule has 0 aliphatic carbocycles. The Morgan fingerprint density at radius 2 is 2.20 bits per heavy atom. The maximum atomic E-state index is 12.1. The second kappa shape index (κ2) is 5.53. The highest BCUT2D eigenvalue weighted by atomic mass is 79.9. The highest BCUT2D eigenvalue weighted by molar-refractivity contribution is 9.11. The van der Waals surface area contributed by atoms with E-state index >= 15 is 0 Å². The molecule has 2 heterocycles. The minimum Gasteiger partial charge on any atom is -0.465 e. The molecule has 0 saturated heterocycles. The summed E-state index contributed by atoms with van der Waals surface area (Å²) >= 11 is 4.63. The van der Waals surface area contributed by atoms with E-state index < -0.39 is 12.1 Å². The Morgan fingerprint density at radius 3 is 2.75 bits per heavy atom. The van der Waals surface area contributed by atoms with Crippen LogP contribution in [0.25, 0.3) is 10.2 Å². The minimum absolute atomic E-state index is 0.0150. The first-order valence-corrected chi connectivity index (χ1v) is 7.57. The molecule has 20 heavy (non-hydrogen) atoms. The Balaban J connectivity index is 2.59. The summed E-state index contributed by atoms with van der Waals surface area (Å²) in [6.45, 7) is 3.77. The Hall–Kier alpha value is -1.41. The van der Waals surface area contributed by atoms with Gasteiger partial charge in [-0.2, -0.15) is 0 Å². The van der Waals surface area contributed by atoms with Crippen LogP contribution in [-0.2, 0) is 0 Å². The van der Waals surface area contributed by atoms with Crippen molar-refractivity contribution in [2.24, 2.45) is 5.92 Å². The molecule has 0 aromatic carbocycles. The molecule has 1 amide bonds. The van der Waals surface area contributed by atoms with Crippen molar-refractivity contribution >= 4 is 43.6 Å². The van der Waals surface area contributed by atoms with E-state index in [1.54, 1.807) is 6.07 Å². The Morgan fingerprint density at radius 1 is 1.55 bits per heavy atom. The van der Waals surface area contributed by atoms with Crippen LogP contribution in [0, 0.1) is 5.92 Å². The largest absolute Gasteiger partial charge is 0.465 e. The van der Waals surface area contributed by atoms with Gasteiger partial charge < -0.3 is 15.0 Å². The van der Waals surface area contributed by atoms with E-state index in [9.17, 15) is 9.59 Å². The molecule has 6 nitrogen and oxygen atoms in total. The number of rotatable bonds is 3. The summed E-state index contributed by atoms with van der Waals surface area (Å²) in [7, 11) is 1.47. The summed E-state index contributed by atoms with van der Waals surface area (Å²) in [5, 5.41) is 9.15. The number of nitrogens with one attached hydrogen (secondary N) is 1. The molecule has 0 radical (unpaired) electrons. The molecule has 0 saturated carbocycles. The van der Waals surface area contributed by atoms with Gasteiger partial charge in [-0.1, -0.05) is 13.8 Å². The van der Waals surface area contributed by atoms with Gasteiger partial charge in [-0.3, -0.25) is 4.79 Å². The van der Waals surface area contributed by atoms with Crippen LogP contribution >= 0.6 is 27.3 Å².